The third-order valence-electron chi connectivity index (χ3n) is 7.23. The molecule has 0 bridgehead atoms. The number of fused-ring (bicyclic) bond motifs is 2. The van der Waals surface area contributed by atoms with Crippen molar-refractivity contribution in [2.75, 3.05) is 27.3 Å². The Balaban J connectivity index is 1.84. The summed E-state index contributed by atoms with van der Waals surface area (Å²) in [6.07, 6.45) is 1.74. The number of aromatic nitrogens is 1. The van der Waals surface area contributed by atoms with Crippen LogP contribution in [-0.4, -0.2) is 47.8 Å². The van der Waals surface area contributed by atoms with Gasteiger partial charge in [0, 0.05) is 18.7 Å². The molecule has 1 amide bonds. The van der Waals surface area contributed by atoms with Gasteiger partial charge in [-0.25, -0.2) is 4.99 Å². The van der Waals surface area contributed by atoms with E-state index in [1.54, 1.807) is 34.8 Å². The maximum Gasteiger partial charge on any atom is 0.271 e. The van der Waals surface area contributed by atoms with Crippen LogP contribution in [0.25, 0.3) is 16.8 Å². The Labute approximate surface area is 235 Å². The highest BCUT2D eigenvalue weighted by Crippen LogP contribution is 2.40. The van der Waals surface area contributed by atoms with Gasteiger partial charge in [-0.05, 0) is 61.4 Å². The van der Waals surface area contributed by atoms with Crippen LogP contribution < -0.4 is 24.4 Å². The van der Waals surface area contributed by atoms with Gasteiger partial charge >= 0.3 is 0 Å². The second-order valence-electron chi connectivity index (χ2n) is 9.39. The number of nitrogens with zero attached hydrogens (tertiary/aromatic N) is 3. The fraction of sp³-hybridized carbons (Fsp3) is 0.258. The molecule has 1 aliphatic heterocycles. The molecule has 0 saturated heterocycles. The molecule has 0 radical (unpaired) electrons. The lowest BCUT2D eigenvalue weighted by molar-refractivity contribution is -0.127. The fourth-order valence-corrected chi connectivity index (χ4v) is 6.27. The van der Waals surface area contributed by atoms with E-state index in [0.29, 0.717) is 50.8 Å². The molecule has 9 heteroatoms. The molecule has 1 aliphatic rings. The van der Waals surface area contributed by atoms with Crippen molar-refractivity contribution in [2.24, 2.45) is 4.99 Å². The van der Waals surface area contributed by atoms with Crippen LogP contribution in [0.15, 0.2) is 75.7 Å². The summed E-state index contributed by atoms with van der Waals surface area (Å²) < 4.78 is 13.1. The van der Waals surface area contributed by atoms with E-state index in [-0.39, 0.29) is 17.2 Å². The Hall–Kier alpha value is -4.37. The number of allylic oxidation sites excluding steroid dienone is 1. The van der Waals surface area contributed by atoms with Gasteiger partial charge in [0.2, 0.25) is 0 Å². The quantitative estimate of drug-likeness (QED) is 0.371. The molecule has 206 valence electrons. The zero-order chi connectivity index (χ0) is 28.6. The highest BCUT2D eigenvalue weighted by atomic mass is 32.1. The van der Waals surface area contributed by atoms with Crippen LogP contribution in [0, 0.1) is 0 Å². The standard InChI is InChI=1S/C31H31N3O5S/c1-6-33(7-2)30(37)26-18(3)32-31-34(28(26)27-21-11-9-8-10-20(21)13-15-23(27)38-4)29(36)25(40-31)17-19-12-14-22(35)24(16-19)39-5/h8-17,28,35H,6-7H2,1-5H3/b25-17-. The van der Waals surface area contributed by atoms with Gasteiger partial charge in [0.05, 0.1) is 30.0 Å². The number of likely N-dealkylation sites (N-methyl/N-ethyl adjacent to an activating group) is 1. The number of rotatable bonds is 7. The number of carbonyl (C=O) groups is 1. The first kappa shape index (κ1) is 27.2. The number of hydrogen-bond acceptors (Lipinski definition) is 7. The summed E-state index contributed by atoms with van der Waals surface area (Å²) in [7, 11) is 3.07. The summed E-state index contributed by atoms with van der Waals surface area (Å²) in [6, 6.07) is 15.9. The number of phenols is 1. The summed E-state index contributed by atoms with van der Waals surface area (Å²) in [6.45, 7) is 6.75. The number of aromatic hydroxyl groups is 1. The predicted octanol–water partition coefficient (Wildman–Crippen LogP) is 3.98. The third kappa shape index (κ3) is 4.56. The molecule has 0 saturated carbocycles. The van der Waals surface area contributed by atoms with Crippen LogP contribution >= 0.6 is 11.3 Å². The topological polar surface area (TPSA) is 93.4 Å². The average Bonchev–Trinajstić information content (AvgIpc) is 3.27. The number of carbonyl (C=O) groups excluding carboxylic acids is 1. The van der Waals surface area contributed by atoms with E-state index < -0.39 is 6.04 Å². The van der Waals surface area contributed by atoms with Gasteiger partial charge in [-0.2, -0.15) is 0 Å². The van der Waals surface area contributed by atoms with Gasteiger partial charge in [-0.15, -0.1) is 0 Å². The van der Waals surface area contributed by atoms with Crippen LogP contribution in [0.3, 0.4) is 0 Å². The van der Waals surface area contributed by atoms with Crippen molar-refractivity contribution in [3.8, 4) is 17.2 Å². The van der Waals surface area contributed by atoms with E-state index in [9.17, 15) is 14.7 Å². The largest absolute Gasteiger partial charge is 0.504 e. The highest BCUT2D eigenvalue weighted by Gasteiger charge is 2.36. The van der Waals surface area contributed by atoms with E-state index >= 15 is 0 Å². The lowest BCUT2D eigenvalue weighted by atomic mass is 9.90. The van der Waals surface area contributed by atoms with Gasteiger partial charge in [0.1, 0.15) is 11.8 Å². The van der Waals surface area contributed by atoms with Crippen molar-refractivity contribution in [2.45, 2.75) is 26.8 Å². The zero-order valence-electron chi connectivity index (χ0n) is 23.1. The SMILES string of the molecule is CCN(CC)C(=O)C1=C(C)N=c2s/c(=C\c3ccc(O)c(OC)c3)c(=O)n2C1c1c(OC)ccc2ccccc12. The molecule has 4 aromatic rings. The van der Waals surface area contributed by atoms with Gasteiger partial charge in [0.15, 0.2) is 16.3 Å². The van der Waals surface area contributed by atoms with Gasteiger partial charge in [-0.1, -0.05) is 47.7 Å². The van der Waals surface area contributed by atoms with E-state index in [1.165, 1.54) is 24.5 Å². The number of ether oxygens (including phenoxy) is 2. The Bertz CT molecular complexity index is 1830. The van der Waals surface area contributed by atoms with Crippen LogP contribution in [0.2, 0.25) is 0 Å². The first-order valence-electron chi connectivity index (χ1n) is 13.1. The molecule has 5 rings (SSSR count). The second-order valence-corrected chi connectivity index (χ2v) is 10.4. The minimum Gasteiger partial charge on any atom is -0.504 e. The monoisotopic (exact) mass is 557 g/mol. The smallest absolute Gasteiger partial charge is 0.271 e. The van der Waals surface area contributed by atoms with E-state index in [4.69, 9.17) is 14.5 Å². The summed E-state index contributed by atoms with van der Waals surface area (Å²) in [5.41, 5.74) is 2.17. The van der Waals surface area contributed by atoms with E-state index in [0.717, 1.165) is 16.3 Å². The van der Waals surface area contributed by atoms with Crippen molar-refractivity contribution < 1.29 is 19.4 Å². The Morgan fingerprint density at radius 3 is 2.50 bits per heavy atom. The molecule has 1 N–H and O–H groups in total. The molecule has 0 spiro atoms. The summed E-state index contributed by atoms with van der Waals surface area (Å²) in [4.78, 5) is 35.2. The Kier molecular flexibility index (Phi) is 7.49. The van der Waals surface area contributed by atoms with E-state index in [2.05, 4.69) is 0 Å². The number of benzene rings is 3. The molecule has 40 heavy (non-hydrogen) atoms. The first-order valence-corrected chi connectivity index (χ1v) is 13.9. The molecule has 3 aromatic carbocycles. The lowest BCUT2D eigenvalue weighted by Gasteiger charge is -2.30. The number of methoxy groups -OCH3 is 2. The predicted molar refractivity (Wildman–Crippen MR) is 157 cm³/mol. The van der Waals surface area contributed by atoms with Crippen molar-refractivity contribution in [1.82, 2.24) is 9.47 Å². The van der Waals surface area contributed by atoms with Crippen LogP contribution in [0.5, 0.6) is 17.2 Å². The highest BCUT2D eigenvalue weighted by molar-refractivity contribution is 7.07. The molecule has 1 aromatic heterocycles. The molecule has 8 nitrogen and oxygen atoms in total. The molecule has 1 atom stereocenters. The van der Waals surface area contributed by atoms with Gasteiger partial charge in [-0.3, -0.25) is 14.2 Å². The number of amides is 1. The van der Waals surface area contributed by atoms with Crippen molar-refractivity contribution >= 4 is 34.1 Å². The molecular formula is C31H31N3O5S. The summed E-state index contributed by atoms with van der Waals surface area (Å²) >= 11 is 1.25. The lowest BCUT2D eigenvalue weighted by Crippen LogP contribution is -2.43. The fourth-order valence-electron chi connectivity index (χ4n) is 5.22. The first-order chi connectivity index (χ1) is 19.3. The van der Waals surface area contributed by atoms with Gasteiger partial charge in [0.25, 0.3) is 11.5 Å². The van der Waals surface area contributed by atoms with Crippen LogP contribution in [0.4, 0.5) is 0 Å². The minimum atomic E-state index is -0.748. The Morgan fingerprint density at radius 1 is 1.07 bits per heavy atom. The number of phenolic OH excluding ortho intramolecular Hbond substituents is 1. The molecule has 2 heterocycles. The van der Waals surface area contributed by atoms with Crippen molar-refractivity contribution in [1.29, 1.82) is 0 Å². The second kappa shape index (κ2) is 11.0. The minimum absolute atomic E-state index is 0.0133. The molecule has 0 fully saturated rings. The number of thiazole rings is 1. The Morgan fingerprint density at radius 2 is 1.80 bits per heavy atom. The maximum absolute atomic E-state index is 14.2. The summed E-state index contributed by atoms with van der Waals surface area (Å²) in [5, 5.41) is 11.9. The van der Waals surface area contributed by atoms with Gasteiger partial charge < -0.3 is 19.5 Å². The van der Waals surface area contributed by atoms with Crippen LogP contribution in [0.1, 0.15) is 37.9 Å². The molecular weight excluding hydrogens is 526 g/mol. The zero-order valence-corrected chi connectivity index (χ0v) is 23.9. The molecule has 0 aliphatic carbocycles. The summed E-state index contributed by atoms with van der Waals surface area (Å²) in [5.74, 6) is 0.743. The average molecular weight is 558 g/mol. The molecule has 1 unspecified atom stereocenters. The van der Waals surface area contributed by atoms with Crippen molar-refractivity contribution in [3.05, 3.63) is 96.7 Å². The number of hydrogen-bond donors (Lipinski definition) is 1. The maximum atomic E-state index is 14.2. The normalized spacial score (nSPS) is 15.1. The van der Waals surface area contributed by atoms with Crippen molar-refractivity contribution in [3.63, 3.8) is 0 Å². The van der Waals surface area contributed by atoms with Crippen LogP contribution in [-0.2, 0) is 4.79 Å². The third-order valence-corrected chi connectivity index (χ3v) is 8.21. The van der Waals surface area contributed by atoms with E-state index in [1.807, 2.05) is 57.2 Å².